The smallest absolute Gasteiger partial charge is 0.330 e. The zero-order valence-electron chi connectivity index (χ0n) is 16.1. The van der Waals surface area contributed by atoms with Crippen molar-refractivity contribution in [2.45, 2.75) is 66.7 Å². The molecule has 1 fully saturated rings. The topological polar surface area (TPSA) is 43.4 Å². The molecule has 134 valence electrons. The number of hydrogen-bond donors (Lipinski definition) is 0. The standard InChI is InChI=1S/C21H32O3/c1-14(11-19(23)24-6)7-9-20(4)15(2)8-10-21(5)16(3)17(13-22)12-18(20)21/h11,13,15,18H,7-10,12H2,1-6H3. The molecule has 2 rings (SSSR count). The largest absolute Gasteiger partial charge is 0.466 e. The van der Waals surface area contributed by atoms with E-state index >= 15 is 0 Å². The molecule has 0 N–H and O–H groups in total. The Morgan fingerprint density at radius 3 is 2.62 bits per heavy atom. The van der Waals surface area contributed by atoms with E-state index in [1.54, 1.807) is 6.08 Å². The summed E-state index contributed by atoms with van der Waals surface area (Å²) in [7, 11) is 1.41. The van der Waals surface area contributed by atoms with Crippen molar-refractivity contribution in [1.29, 1.82) is 0 Å². The molecule has 2 aliphatic rings. The van der Waals surface area contributed by atoms with Crippen LogP contribution in [-0.2, 0) is 14.3 Å². The lowest BCUT2D eigenvalue weighted by atomic mass is 9.50. The molecule has 0 saturated heterocycles. The summed E-state index contributed by atoms with van der Waals surface area (Å²) < 4.78 is 4.73. The number of esters is 1. The number of methoxy groups -OCH3 is 1. The van der Waals surface area contributed by atoms with E-state index in [4.69, 9.17) is 4.74 Å². The maximum Gasteiger partial charge on any atom is 0.330 e. The molecule has 0 bridgehead atoms. The third-order valence-corrected chi connectivity index (χ3v) is 7.32. The molecule has 0 radical (unpaired) electrons. The van der Waals surface area contributed by atoms with Crippen LogP contribution in [0.4, 0.5) is 0 Å². The van der Waals surface area contributed by atoms with E-state index in [2.05, 4.69) is 27.7 Å². The zero-order chi connectivity index (χ0) is 18.1. The Bertz CT molecular complexity index is 586. The van der Waals surface area contributed by atoms with Gasteiger partial charge in [-0.1, -0.05) is 31.9 Å². The van der Waals surface area contributed by atoms with Crippen LogP contribution in [0, 0.1) is 22.7 Å². The van der Waals surface area contributed by atoms with Crippen LogP contribution < -0.4 is 0 Å². The average Bonchev–Trinajstić information content (AvgIpc) is 2.82. The molecule has 0 aromatic heterocycles. The van der Waals surface area contributed by atoms with Crippen molar-refractivity contribution in [3.05, 3.63) is 22.8 Å². The molecular weight excluding hydrogens is 300 g/mol. The van der Waals surface area contributed by atoms with Crippen molar-refractivity contribution in [2.24, 2.45) is 22.7 Å². The monoisotopic (exact) mass is 332 g/mol. The number of carbonyl (C=O) groups is 2. The van der Waals surface area contributed by atoms with Crippen LogP contribution in [-0.4, -0.2) is 19.4 Å². The van der Waals surface area contributed by atoms with Gasteiger partial charge in [0.15, 0.2) is 0 Å². The minimum Gasteiger partial charge on any atom is -0.466 e. The Hall–Kier alpha value is -1.38. The van der Waals surface area contributed by atoms with Crippen LogP contribution in [0.15, 0.2) is 22.8 Å². The highest BCUT2D eigenvalue weighted by Gasteiger charge is 2.55. The summed E-state index contributed by atoms with van der Waals surface area (Å²) >= 11 is 0. The Balaban J connectivity index is 2.23. The lowest BCUT2D eigenvalue weighted by molar-refractivity contribution is -0.134. The fourth-order valence-corrected chi connectivity index (χ4v) is 5.09. The number of rotatable bonds is 5. The van der Waals surface area contributed by atoms with E-state index in [0.29, 0.717) is 11.8 Å². The minimum absolute atomic E-state index is 0.150. The van der Waals surface area contributed by atoms with Crippen LogP contribution in [0.1, 0.15) is 66.7 Å². The highest BCUT2D eigenvalue weighted by molar-refractivity contribution is 5.82. The quantitative estimate of drug-likeness (QED) is 0.410. The Morgan fingerprint density at radius 1 is 1.38 bits per heavy atom. The molecule has 24 heavy (non-hydrogen) atoms. The molecule has 0 amide bonds. The molecule has 4 unspecified atom stereocenters. The predicted molar refractivity (Wildman–Crippen MR) is 96.5 cm³/mol. The molecular formula is C21H32O3. The normalized spacial score (nSPS) is 36.5. The van der Waals surface area contributed by atoms with E-state index in [9.17, 15) is 9.59 Å². The van der Waals surface area contributed by atoms with Crippen molar-refractivity contribution < 1.29 is 14.3 Å². The van der Waals surface area contributed by atoms with Gasteiger partial charge in [-0.05, 0) is 74.2 Å². The number of aldehydes is 1. The zero-order valence-corrected chi connectivity index (χ0v) is 16.1. The lowest BCUT2D eigenvalue weighted by Crippen LogP contribution is -2.46. The molecule has 3 heteroatoms. The SMILES string of the molecule is COC(=O)C=C(C)CCC1(C)C(C)CCC2(C)C(C)=C(C=O)CC21. The second kappa shape index (κ2) is 6.85. The first kappa shape index (κ1) is 19.0. The van der Waals surface area contributed by atoms with Gasteiger partial charge in [-0.25, -0.2) is 4.79 Å². The number of hydrogen-bond acceptors (Lipinski definition) is 3. The Kier molecular flexibility index (Phi) is 5.41. The Morgan fingerprint density at radius 2 is 2.04 bits per heavy atom. The summed E-state index contributed by atoms with van der Waals surface area (Å²) in [5.74, 6) is 0.862. The van der Waals surface area contributed by atoms with Gasteiger partial charge < -0.3 is 4.74 Å². The summed E-state index contributed by atoms with van der Waals surface area (Å²) in [5.41, 5.74) is 3.73. The Labute approximate surface area is 146 Å². The van der Waals surface area contributed by atoms with Crippen molar-refractivity contribution in [3.8, 4) is 0 Å². The first-order chi connectivity index (χ1) is 11.2. The highest BCUT2D eigenvalue weighted by Crippen LogP contribution is 2.64. The fraction of sp³-hybridized carbons (Fsp3) is 0.714. The third kappa shape index (κ3) is 3.10. The van der Waals surface area contributed by atoms with Crippen LogP contribution >= 0.6 is 0 Å². The van der Waals surface area contributed by atoms with E-state index < -0.39 is 0 Å². The van der Waals surface area contributed by atoms with Crippen molar-refractivity contribution in [2.75, 3.05) is 7.11 Å². The van der Waals surface area contributed by atoms with E-state index in [0.717, 1.165) is 36.7 Å². The van der Waals surface area contributed by atoms with Crippen molar-refractivity contribution in [3.63, 3.8) is 0 Å². The summed E-state index contributed by atoms with van der Waals surface area (Å²) in [6.45, 7) is 11.3. The molecule has 1 saturated carbocycles. The lowest BCUT2D eigenvalue weighted by Gasteiger charge is -2.54. The molecule has 0 aromatic rings. The van der Waals surface area contributed by atoms with Gasteiger partial charge in [0.25, 0.3) is 0 Å². The number of allylic oxidation sites excluding steroid dienone is 3. The van der Waals surface area contributed by atoms with Gasteiger partial charge in [0.1, 0.15) is 6.29 Å². The van der Waals surface area contributed by atoms with Gasteiger partial charge in [0, 0.05) is 6.08 Å². The van der Waals surface area contributed by atoms with Crippen molar-refractivity contribution >= 4 is 12.3 Å². The first-order valence-corrected chi connectivity index (χ1v) is 9.09. The van der Waals surface area contributed by atoms with Gasteiger partial charge in [0.05, 0.1) is 7.11 Å². The van der Waals surface area contributed by atoms with Gasteiger partial charge in [0.2, 0.25) is 0 Å². The van der Waals surface area contributed by atoms with Crippen LogP contribution in [0.25, 0.3) is 0 Å². The predicted octanol–water partition coefficient (Wildman–Crippen LogP) is 4.86. The molecule has 0 heterocycles. The van der Waals surface area contributed by atoms with E-state index in [1.165, 1.54) is 25.5 Å². The molecule has 4 atom stereocenters. The molecule has 3 nitrogen and oxygen atoms in total. The summed E-state index contributed by atoms with van der Waals surface area (Å²) in [4.78, 5) is 22.9. The fourth-order valence-electron chi connectivity index (χ4n) is 5.09. The first-order valence-electron chi connectivity index (χ1n) is 9.09. The van der Waals surface area contributed by atoms with Gasteiger partial charge >= 0.3 is 5.97 Å². The highest BCUT2D eigenvalue weighted by atomic mass is 16.5. The summed E-state index contributed by atoms with van der Waals surface area (Å²) in [6.07, 6.45) is 7.91. The maximum atomic E-state index is 11.5. The number of ether oxygens (including phenoxy) is 1. The van der Waals surface area contributed by atoms with Crippen LogP contribution in [0.5, 0.6) is 0 Å². The maximum absolute atomic E-state index is 11.5. The molecule has 0 spiro atoms. The number of carbonyl (C=O) groups excluding carboxylic acids is 2. The van der Waals surface area contributed by atoms with E-state index in [1.807, 2.05) is 6.92 Å². The summed E-state index contributed by atoms with van der Waals surface area (Å²) in [5, 5.41) is 0. The van der Waals surface area contributed by atoms with Crippen LogP contribution in [0.2, 0.25) is 0 Å². The number of fused-ring (bicyclic) bond motifs is 1. The van der Waals surface area contributed by atoms with Crippen molar-refractivity contribution in [1.82, 2.24) is 0 Å². The minimum atomic E-state index is -0.277. The second-order valence-corrected chi connectivity index (χ2v) is 8.40. The molecule has 0 aromatic carbocycles. The second-order valence-electron chi connectivity index (χ2n) is 8.40. The molecule has 0 aliphatic heterocycles. The van der Waals surface area contributed by atoms with Gasteiger partial charge in [-0.2, -0.15) is 0 Å². The third-order valence-electron chi connectivity index (χ3n) is 7.32. The van der Waals surface area contributed by atoms with Gasteiger partial charge in [-0.15, -0.1) is 0 Å². The molecule has 2 aliphatic carbocycles. The van der Waals surface area contributed by atoms with Crippen LogP contribution in [0.3, 0.4) is 0 Å². The summed E-state index contributed by atoms with van der Waals surface area (Å²) in [6, 6.07) is 0. The average molecular weight is 332 g/mol. The van der Waals surface area contributed by atoms with E-state index in [-0.39, 0.29) is 16.8 Å². The van der Waals surface area contributed by atoms with Gasteiger partial charge in [-0.3, -0.25) is 4.79 Å².